The van der Waals surface area contributed by atoms with Crippen LogP contribution in [0.15, 0.2) is 18.2 Å². The molecule has 0 radical (unpaired) electrons. The van der Waals surface area contributed by atoms with E-state index in [1.807, 2.05) is 39.0 Å². The van der Waals surface area contributed by atoms with E-state index in [9.17, 15) is 14.7 Å². The maximum atomic E-state index is 12.6. The lowest BCUT2D eigenvalue weighted by molar-refractivity contribution is -0.143. The van der Waals surface area contributed by atoms with E-state index in [0.717, 1.165) is 18.4 Å². The van der Waals surface area contributed by atoms with Crippen LogP contribution >= 0.6 is 0 Å². The van der Waals surface area contributed by atoms with Gasteiger partial charge in [0.1, 0.15) is 0 Å². The van der Waals surface area contributed by atoms with Gasteiger partial charge >= 0.3 is 12.0 Å². The number of nitrogens with zero attached hydrogens (tertiary/aromatic N) is 1. The molecule has 0 bridgehead atoms. The molecule has 7 nitrogen and oxygen atoms in total. The molecule has 2 rings (SSSR count). The third kappa shape index (κ3) is 6.04. The molecule has 0 saturated carbocycles. The molecular formula is C21H32N2O5. The standard InChI is InChI=1S/C21H32N2O5/c1-4-11-27-18-9-8-16(13-19(18)28-12-5-2)15(3)22-21(26)23-10-6-7-17(14-23)20(24)25/h8-9,13,15,17H,4-7,10-12,14H2,1-3H3,(H,22,26)(H,24,25). The summed E-state index contributed by atoms with van der Waals surface area (Å²) < 4.78 is 11.6. The Morgan fingerprint density at radius 3 is 2.54 bits per heavy atom. The van der Waals surface area contributed by atoms with Crippen LogP contribution in [-0.2, 0) is 4.79 Å². The molecule has 2 atom stereocenters. The highest BCUT2D eigenvalue weighted by molar-refractivity contribution is 5.77. The van der Waals surface area contributed by atoms with E-state index in [0.29, 0.717) is 44.1 Å². The number of hydrogen-bond acceptors (Lipinski definition) is 4. The van der Waals surface area contributed by atoms with Gasteiger partial charge in [0.05, 0.1) is 25.2 Å². The number of carboxylic acid groups (broad SMARTS) is 1. The second kappa shape index (κ2) is 10.8. The summed E-state index contributed by atoms with van der Waals surface area (Å²) in [5, 5.41) is 12.2. The first-order valence-electron chi connectivity index (χ1n) is 10.1. The van der Waals surface area contributed by atoms with Gasteiger partial charge in [-0.15, -0.1) is 0 Å². The Kier molecular flexibility index (Phi) is 8.42. The van der Waals surface area contributed by atoms with E-state index in [1.54, 1.807) is 4.90 Å². The number of aliphatic carboxylic acids is 1. The van der Waals surface area contributed by atoms with Crippen LogP contribution in [0.25, 0.3) is 0 Å². The highest BCUT2D eigenvalue weighted by Crippen LogP contribution is 2.31. The third-order valence-electron chi connectivity index (χ3n) is 4.79. The Bertz CT molecular complexity index is 664. The highest BCUT2D eigenvalue weighted by Gasteiger charge is 2.28. The van der Waals surface area contributed by atoms with Gasteiger partial charge in [-0.3, -0.25) is 4.79 Å². The van der Waals surface area contributed by atoms with E-state index >= 15 is 0 Å². The minimum absolute atomic E-state index is 0.234. The molecule has 1 aliphatic rings. The molecule has 1 saturated heterocycles. The van der Waals surface area contributed by atoms with Gasteiger partial charge in [-0.25, -0.2) is 4.79 Å². The maximum Gasteiger partial charge on any atom is 0.317 e. The van der Waals surface area contributed by atoms with Gasteiger partial charge in [-0.1, -0.05) is 19.9 Å². The van der Waals surface area contributed by atoms with Crippen LogP contribution in [0.4, 0.5) is 4.79 Å². The predicted molar refractivity (Wildman–Crippen MR) is 107 cm³/mol. The first-order chi connectivity index (χ1) is 13.5. The van der Waals surface area contributed by atoms with E-state index in [2.05, 4.69) is 5.32 Å². The Hall–Kier alpha value is -2.44. The van der Waals surface area contributed by atoms with E-state index in [-0.39, 0.29) is 18.6 Å². The summed E-state index contributed by atoms with van der Waals surface area (Å²) in [6, 6.07) is 5.23. The Morgan fingerprint density at radius 2 is 1.89 bits per heavy atom. The number of nitrogens with one attached hydrogen (secondary N) is 1. The monoisotopic (exact) mass is 392 g/mol. The van der Waals surface area contributed by atoms with Crippen LogP contribution in [0.1, 0.15) is 58.1 Å². The zero-order chi connectivity index (χ0) is 20.5. The van der Waals surface area contributed by atoms with Crippen LogP contribution in [0.2, 0.25) is 0 Å². The summed E-state index contributed by atoms with van der Waals surface area (Å²) in [4.78, 5) is 25.4. The van der Waals surface area contributed by atoms with E-state index in [4.69, 9.17) is 9.47 Å². The number of carboxylic acids is 1. The molecule has 1 aromatic carbocycles. The molecule has 1 aromatic rings. The molecule has 2 unspecified atom stereocenters. The fourth-order valence-electron chi connectivity index (χ4n) is 3.17. The summed E-state index contributed by atoms with van der Waals surface area (Å²) in [7, 11) is 0. The first kappa shape index (κ1) is 21.9. The molecule has 2 N–H and O–H groups in total. The van der Waals surface area contributed by atoms with Crippen molar-refractivity contribution in [2.75, 3.05) is 26.3 Å². The zero-order valence-electron chi connectivity index (χ0n) is 17.1. The fourth-order valence-corrected chi connectivity index (χ4v) is 3.17. The summed E-state index contributed by atoms with van der Waals surface area (Å²) in [6.45, 7) is 8.04. The molecule has 1 heterocycles. The maximum absolute atomic E-state index is 12.6. The second-order valence-corrected chi connectivity index (χ2v) is 7.20. The number of piperidine rings is 1. The van der Waals surface area contributed by atoms with Gasteiger partial charge < -0.3 is 24.8 Å². The van der Waals surface area contributed by atoms with Gasteiger partial charge in [0.25, 0.3) is 0 Å². The average molecular weight is 392 g/mol. The van der Waals surface area contributed by atoms with E-state index < -0.39 is 11.9 Å². The topological polar surface area (TPSA) is 88.1 Å². The van der Waals surface area contributed by atoms with Crippen molar-refractivity contribution in [2.24, 2.45) is 5.92 Å². The Morgan fingerprint density at radius 1 is 1.21 bits per heavy atom. The molecule has 2 amide bonds. The van der Waals surface area contributed by atoms with Crippen LogP contribution < -0.4 is 14.8 Å². The van der Waals surface area contributed by atoms with Crippen molar-refractivity contribution >= 4 is 12.0 Å². The van der Waals surface area contributed by atoms with Gasteiger partial charge in [-0.05, 0) is 50.3 Å². The van der Waals surface area contributed by atoms with Crippen molar-refractivity contribution in [1.82, 2.24) is 10.2 Å². The number of ether oxygens (including phenoxy) is 2. The average Bonchev–Trinajstić information content (AvgIpc) is 2.70. The van der Waals surface area contributed by atoms with Gasteiger partial charge in [0, 0.05) is 13.1 Å². The van der Waals surface area contributed by atoms with Crippen molar-refractivity contribution in [3.8, 4) is 11.5 Å². The zero-order valence-corrected chi connectivity index (χ0v) is 17.1. The molecule has 28 heavy (non-hydrogen) atoms. The second-order valence-electron chi connectivity index (χ2n) is 7.20. The quantitative estimate of drug-likeness (QED) is 0.667. The van der Waals surface area contributed by atoms with Crippen LogP contribution in [0.3, 0.4) is 0 Å². The lowest BCUT2D eigenvalue weighted by Gasteiger charge is -2.31. The van der Waals surface area contributed by atoms with Crippen LogP contribution in [0, 0.1) is 5.92 Å². The number of urea groups is 1. The first-order valence-corrected chi connectivity index (χ1v) is 10.1. The number of likely N-dealkylation sites (tertiary alicyclic amines) is 1. The molecule has 156 valence electrons. The lowest BCUT2D eigenvalue weighted by Crippen LogP contribution is -2.47. The summed E-state index contributed by atoms with van der Waals surface area (Å²) in [6.07, 6.45) is 3.13. The van der Waals surface area contributed by atoms with Crippen molar-refractivity contribution in [3.63, 3.8) is 0 Å². The predicted octanol–water partition coefficient (Wildman–Crippen LogP) is 3.83. The largest absolute Gasteiger partial charge is 0.490 e. The SMILES string of the molecule is CCCOc1ccc(C(C)NC(=O)N2CCCC(C(=O)O)C2)cc1OCCC. The minimum atomic E-state index is -0.842. The molecule has 0 spiro atoms. The molecular weight excluding hydrogens is 360 g/mol. The van der Waals surface area contributed by atoms with Crippen molar-refractivity contribution in [2.45, 2.75) is 52.5 Å². The number of hydrogen-bond donors (Lipinski definition) is 2. The summed E-state index contributed by atoms with van der Waals surface area (Å²) >= 11 is 0. The van der Waals surface area contributed by atoms with Gasteiger partial charge in [0.15, 0.2) is 11.5 Å². The fraction of sp³-hybridized carbons (Fsp3) is 0.619. The van der Waals surface area contributed by atoms with Crippen molar-refractivity contribution in [3.05, 3.63) is 23.8 Å². The lowest BCUT2D eigenvalue weighted by atomic mass is 9.98. The molecule has 1 fully saturated rings. The van der Waals surface area contributed by atoms with E-state index in [1.165, 1.54) is 0 Å². The highest BCUT2D eigenvalue weighted by atomic mass is 16.5. The van der Waals surface area contributed by atoms with Crippen LogP contribution in [0.5, 0.6) is 11.5 Å². The minimum Gasteiger partial charge on any atom is -0.490 e. The molecule has 0 aromatic heterocycles. The smallest absolute Gasteiger partial charge is 0.317 e. The number of benzene rings is 1. The van der Waals surface area contributed by atoms with Crippen LogP contribution in [-0.4, -0.2) is 48.3 Å². The normalized spacial score (nSPS) is 17.7. The molecule has 1 aliphatic heterocycles. The number of carbonyl (C=O) groups excluding carboxylic acids is 1. The summed E-state index contributed by atoms with van der Waals surface area (Å²) in [5.41, 5.74) is 0.912. The number of amides is 2. The number of carbonyl (C=O) groups is 2. The number of rotatable bonds is 9. The summed E-state index contributed by atoms with van der Waals surface area (Å²) in [5.74, 6) is 0.0560. The van der Waals surface area contributed by atoms with Crippen molar-refractivity contribution in [1.29, 1.82) is 0 Å². The Balaban J connectivity index is 2.04. The van der Waals surface area contributed by atoms with Gasteiger partial charge in [-0.2, -0.15) is 0 Å². The van der Waals surface area contributed by atoms with Crippen molar-refractivity contribution < 1.29 is 24.2 Å². The molecule has 7 heteroatoms. The third-order valence-corrected chi connectivity index (χ3v) is 4.79. The van der Waals surface area contributed by atoms with Gasteiger partial charge in [0.2, 0.25) is 0 Å². The molecule has 0 aliphatic carbocycles. The Labute approximate surface area is 167 Å².